The fourth-order valence-electron chi connectivity index (χ4n) is 1.69. The molecule has 4 heteroatoms. The molecule has 2 rings (SSSR count). The summed E-state index contributed by atoms with van der Waals surface area (Å²) in [6.45, 7) is 0.392. The van der Waals surface area contributed by atoms with Crippen molar-refractivity contribution in [2.45, 2.75) is 19.4 Å². The number of carbonyl (C=O) groups excluding carboxylic acids is 1. The normalized spacial score (nSPS) is 14.9. The van der Waals surface area contributed by atoms with E-state index in [1.165, 1.54) is 0 Å². The quantitative estimate of drug-likeness (QED) is 0.741. The number of anilines is 1. The summed E-state index contributed by atoms with van der Waals surface area (Å²) in [6.07, 6.45) is 1.27. The predicted octanol–water partition coefficient (Wildman–Crippen LogP) is 1.68. The van der Waals surface area contributed by atoms with Crippen LogP contribution in [0.15, 0.2) is 12.1 Å². The first-order valence-corrected chi connectivity index (χ1v) is 4.89. The molecule has 0 atom stereocenters. The summed E-state index contributed by atoms with van der Waals surface area (Å²) >= 11 is 5.93. The molecule has 1 amide bonds. The highest BCUT2D eigenvalue weighted by atomic mass is 35.5. The van der Waals surface area contributed by atoms with E-state index < -0.39 is 0 Å². The van der Waals surface area contributed by atoms with Gasteiger partial charge >= 0.3 is 0 Å². The van der Waals surface area contributed by atoms with Crippen LogP contribution in [0.25, 0.3) is 0 Å². The highest BCUT2D eigenvalue weighted by molar-refractivity contribution is 6.30. The van der Waals surface area contributed by atoms with Gasteiger partial charge in [-0.1, -0.05) is 11.6 Å². The lowest BCUT2D eigenvalue weighted by Gasteiger charge is -2.20. The molecule has 0 fully saturated rings. The molecule has 3 N–H and O–H groups in total. The molecule has 0 saturated carbocycles. The molecule has 1 aromatic carbocycles. The van der Waals surface area contributed by atoms with Gasteiger partial charge in [0.05, 0.1) is 0 Å². The Morgan fingerprint density at radius 2 is 2.21 bits per heavy atom. The van der Waals surface area contributed by atoms with Crippen LogP contribution in [-0.2, 0) is 17.8 Å². The van der Waals surface area contributed by atoms with Crippen molar-refractivity contribution in [2.24, 2.45) is 5.73 Å². The number of hydrogen-bond donors (Lipinski definition) is 2. The first kappa shape index (κ1) is 9.49. The maximum absolute atomic E-state index is 11.2. The summed E-state index contributed by atoms with van der Waals surface area (Å²) in [6, 6.07) is 3.68. The van der Waals surface area contributed by atoms with E-state index in [0.29, 0.717) is 18.0 Å². The Hall–Kier alpha value is -1.06. The number of amides is 1. The minimum atomic E-state index is 0.0505. The van der Waals surface area contributed by atoms with Crippen molar-refractivity contribution in [1.29, 1.82) is 0 Å². The Morgan fingerprint density at radius 1 is 1.43 bits per heavy atom. The maximum Gasteiger partial charge on any atom is 0.224 e. The van der Waals surface area contributed by atoms with Gasteiger partial charge in [-0.15, -0.1) is 0 Å². The van der Waals surface area contributed by atoms with E-state index in [1.807, 2.05) is 6.07 Å². The van der Waals surface area contributed by atoms with E-state index in [4.69, 9.17) is 17.3 Å². The molecule has 0 radical (unpaired) electrons. The number of benzene rings is 1. The third-order valence-electron chi connectivity index (χ3n) is 2.37. The first-order chi connectivity index (χ1) is 6.70. The molecule has 74 valence electrons. The Morgan fingerprint density at radius 3 is 2.93 bits per heavy atom. The Balaban J connectivity index is 2.52. The van der Waals surface area contributed by atoms with Gasteiger partial charge in [0, 0.05) is 23.7 Å². The lowest BCUT2D eigenvalue weighted by Crippen LogP contribution is -2.21. The van der Waals surface area contributed by atoms with Crippen LogP contribution in [0.4, 0.5) is 5.69 Å². The van der Waals surface area contributed by atoms with Crippen molar-refractivity contribution >= 4 is 23.2 Å². The second-order valence-electron chi connectivity index (χ2n) is 3.35. The van der Waals surface area contributed by atoms with Crippen LogP contribution in [0, 0.1) is 0 Å². The Kier molecular flexibility index (Phi) is 2.44. The van der Waals surface area contributed by atoms with Crippen molar-refractivity contribution in [3.05, 3.63) is 28.3 Å². The van der Waals surface area contributed by atoms with Gasteiger partial charge in [-0.05, 0) is 29.7 Å². The number of nitrogens with two attached hydrogens (primary N) is 1. The second-order valence-corrected chi connectivity index (χ2v) is 3.79. The van der Waals surface area contributed by atoms with E-state index >= 15 is 0 Å². The van der Waals surface area contributed by atoms with Crippen LogP contribution in [0.3, 0.4) is 0 Å². The van der Waals surface area contributed by atoms with Crippen LogP contribution < -0.4 is 11.1 Å². The smallest absolute Gasteiger partial charge is 0.224 e. The standard InChI is InChI=1S/C10H11ClN2O/c11-8-3-6-1-2-9(14)13-10(6)7(4-8)5-12/h3-4H,1-2,5,12H2,(H,13,14). The average molecular weight is 211 g/mol. The zero-order valence-electron chi connectivity index (χ0n) is 7.64. The number of aryl methyl sites for hydroxylation is 1. The predicted molar refractivity (Wildman–Crippen MR) is 56.3 cm³/mol. The van der Waals surface area contributed by atoms with Gasteiger partial charge in [-0.3, -0.25) is 4.79 Å². The fourth-order valence-corrected chi connectivity index (χ4v) is 1.96. The van der Waals surface area contributed by atoms with E-state index in [1.54, 1.807) is 6.07 Å². The van der Waals surface area contributed by atoms with Crippen molar-refractivity contribution in [3.63, 3.8) is 0 Å². The highest BCUT2D eigenvalue weighted by Crippen LogP contribution is 2.29. The lowest BCUT2D eigenvalue weighted by molar-refractivity contribution is -0.116. The van der Waals surface area contributed by atoms with Gasteiger partial charge in [0.25, 0.3) is 0 Å². The molecule has 1 heterocycles. The minimum absolute atomic E-state index is 0.0505. The van der Waals surface area contributed by atoms with Crippen molar-refractivity contribution in [1.82, 2.24) is 0 Å². The SMILES string of the molecule is NCc1cc(Cl)cc2c1NC(=O)CC2. The molecule has 3 nitrogen and oxygen atoms in total. The highest BCUT2D eigenvalue weighted by Gasteiger charge is 2.17. The van der Waals surface area contributed by atoms with E-state index in [9.17, 15) is 4.79 Å². The van der Waals surface area contributed by atoms with Crippen molar-refractivity contribution in [2.75, 3.05) is 5.32 Å². The molecule has 1 aliphatic rings. The van der Waals surface area contributed by atoms with Crippen LogP contribution in [0.5, 0.6) is 0 Å². The number of halogens is 1. The van der Waals surface area contributed by atoms with E-state index in [-0.39, 0.29) is 5.91 Å². The van der Waals surface area contributed by atoms with E-state index in [2.05, 4.69) is 5.32 Å². The molecule has 0 spiro atoms. The number of nitrogens with one attached hydrogen (secondary N) is 1. The topological polar surface area (TPSA) is 55.1 Å². The summed E-state index contributed by atoms with van der Waals surface area (Å²) in [5.41, 5.74) is 8.42. The molecular weight excluding hydrogens is 200 g/mol. The molecule has 0 aliphatic carbocycles. The number of rotatable bonds is 1. The summed E-state index contributed by atoms with van der Waals surface area (Å²) < 4.78 is 0. The summed E-state index contributed by atoms with van der Waals surface area (Å²) in [5.74, 6) is 0.0505. The summed E-state index contributed by atoms with van der Waals surface area (Å²) in [7, 11) is 0. The minimum Gasteiger partial charge on any atom is -0.326 e. The zero-order valence-corrected chi connectivity index (χ0v) is 8.40. The van der Waals surface area contributed by atoms with Gasteiger partial charge in [0.15, 0.2) is 0 Å². The molecule has 14 heavy (non-hydrogen) atoms. The molecule has 0 unspecified atom stereocenters. The third-order valence-corrected chi connectivity index (χ3v) is 2.59. The Bertz CT molecular complexity index is 373. The largest absolute Gasteiger partial charge is 0.326 e. The van der Waals surface area contributed by atoms with E-state index in [0.717, 1.165) is 23.2 Å². The zero-order chi connectivity index (χ0) is 10.1. The van der Waals surface area contributed by atoms with Gasteiger partial charge < -0.3 is 11.1 Å². The van der Waals surface area contributed by atoms with Crippen LogP contribution in [0.2, 0.25) is 5.02 Å². The molecule has 0 saturated heterocycles. The van der Waals surface area contributed by atoms with Crippen LogP contribution in [0.1, 0.15) is 17.5 Å². The van der Waals surface area contributed by atoms with Gasteiger partial charge in [-0.2, -0.15) is 0 Å². The first-order valence-electron chi connectivity index (χ1n) is 4.52. The Labute approximate surface area is 87.2 Å². The molecule has 1 aliphatic heterocycles. The van der Waals surface area contributed by atoms with Crippen molar-refractivity contribution in [3.8, 4) is 0 Å². The summed E-state index contributed by atoms with van der Waals surface area (Å²) in [5, 5.41) is 3.51. The number of carbonyl (C=O) groups is 1. The summed E-state index contributed by atoms with van der Waals surface area (Å²) in [4.78, 5) is 11.2. The van der Waals surface area contributed by atoms with Gasteiger partial charge in [0.2, 0.25) is 5.91 Å². The molecule has 1 aromatic rings. The van der Waals surface area contributed by atoms with Gasteiger partial charge in [-0.25, -0.2) is 0 Å². The van der Waals surface area contributed by atoms with Crippen LogP contribution in [-0.4, -0.2) is 5.91 Å². The van der Waals surface area contributed by atoms with Crippen LogP contribution >= 0.6 is 11.6 Å². The lowest BCUT2D eigenvalue weighted by atomic mass is 9.99. The molecule has 0 bridgehead atoms. The van der Waals surface area contributed by atoms with Gasteiger partial charge in [0.1, 0.15) is 0 Å². The van der Waals surface area contributed by atoms with Crippen molar-refractivity contribution < 1.29 is 4.79 Å². The molecular formula is C10H11ClN2O. The average Bonchev–Trinajstić information content (AvgIpc) is 2.17. The third kappa shape index (κ3) is 1.61. The second kappa shape index (κ2) is 3.59. The fraction of sp³-hybridized carbons (Fsp3) is 0.300. The number of hydrogen-bond acceptors (Lipinski definition) is 2. The molecule has 0 aromatic heterocycles. The number of fused-ring (bicyclic) bond motifs is 1. The maximum atomic E-state index is 11.2. The monoisotopic (exact) mass is 210 g/mol.